The molecule has 0 saturated carbocycles. The van der Waals surface area contributed by atoms with E-state index in [-0.39, 0.29) is 0 Å². The molecule has 2 rings (SSSR count). The van der Waals surface area contributed by atoms with Crippen LogP contribution in [-0.4, -0.2) is 17.9 Å². The van der Waals surface area contributed by atoms with E-state index < -0.39 is 13.8 Å². The van der Waals surface area contributed by atoms with Crippen molar-refractivity contribution in [2.45, 2.75) is 0 Å². The van der Waals surface area contributed by atoms with E-state index in [1.54, 1.807) is 42.5 Å². The fourth-order valence-electron chi connectivity index (χ4n) is 1.54. The Balaban J connectivity index is 2.49. The van der Waals surface area contributed by atoms with Crippen LogP contribution < -0.4 is 20.2 Å². The molecule has 88 valence electrons. The third-order valence-electron chi connectivity index (χ3n) is 2.46. The maximum absolute atomic E-state index is 12.4. The van der Waals surface area contributed by atoms with E-state index in [1.807, 2.05) is 0 Å². The summed E-state index contributed by atoms with van der Waals surface area (Å²) in [5.41, 5.74) is 12.2. The molecule has 2 aromatic carbocycles. The number of hydrogen-bond acceptors (Lipinski definition) is 3. The Kier molecular flexibility index (Phi) is 3.01. The zero-order chi connectivity index (χ0) is 12.5. The van der Waals surface area contributed by atoms with Gasteiger partial charge in [0.15, 0.2) is 0 Å². The summed E-state index contributed by atoms with van der Waals surface area (Å²) < 4.78 is 23.4. The van der Waals surface area contributed by atoms with Gasteiger partial charge in [-0.15, -0.1) is 0 Å². The van der Waals surface area contributed by atoms with E-state index in [9.17, 15) is 7.84 Å². The third-order valence-corrected chi connectivity index (χ3v) is 6.61. The molecule has 0 aliphatic rings. The van der Waals surface area contributed by atoms with Gasteiger partial charge in [-0.1, -0.05) is 0 Å². The first-order chi connectivity index (χ1) is 8.00. The standard InChI is InChI=1S/C12H13AsN2O2/c14-11-6-4-9(5-7-11)13(16,17)10-2-1-3-12(15)8-10/h1-8H,14-15H2,(H,16,17). The molecular weight excluding hydrogens is 279 g/mol. The summed E-state index contributed by atoms with van der Waals surface area (Å²) in [5, 5.41) is 0. The average Bonchev–Trinajstić information content (AvgIpc) is 2.29. The molecule has 0 aliphatic heterocycles. The monoisotopic (exact) mass is 292 g/mol. The van der Waals surface area contributed by atoms with Crippen LogP contribution in [0.2, 0.25) is 0 Å². The summed E-state index contributed by atoms with van der Waals surface area (Å²) in [7, 11) is 0. The minimum absolute atomic E-state index is 0.382. The van der Waals surface area contributed by atoms with E-state index in [0.29, 0.717) is 20.1 Å². The Bertz CT molecular complexity index is 581. The molecule has 0 aliphatic carbocycles. The first kappa shape index (κ1) is 11.8. The second kappa shape index (κ2) is 4.32. The molecule has 2 aromatic rings. The molecule has 0 saturated heterocycles. The number of benzene rings is 2. The van der Waals surface area contributed by atoms with Crippen LogP contribution in [0.1, 0.15) is 0 Å². The van der Waals surface area contributed by atoms with Gasteiger partial charge in [-0.25, -0.2) is 0 Å². The molecule has 17 heavy (non-hydrogen) atoms. The molecule has 5 heteroatoms. The van der Waals surface area contributed by atoms with Crippen LogP contribution >= 0.6 is 0 Å². The average molecular weight is 292 g/mol. The van der Waals surface area contributed by atoms with Crippen LogP contribution in [0.5, 0.6) is 0 Å². The van der Waals surface area contributed by atoms with Crippen LogP contribution in [0.25, 0.3) is 0 Å². The van der Waals surface area contributed by atoms with Gasteiger partial charge in [-0.3, -0.25) is 0 Å². The van der Waals surface area contributed by atoms with Crippen LogP contribution in [-0.2, 0) is 3.74 Å². The van der Waals surface area contributed by atoms with Gasteiger partial charge in [0, 0.05) is 0 Å². The van der Waals surface area contributed by atoms with E-state index in [0.717, 1.165) is 0 Å². The second-order valence-electron chi connectivity index (χ2n) is 3.76. The molecule has 0 bridgehead atoms. The van der Waals surface area contributed by atoms with Crippen LogP contribution in [0.4, 0.5) is 11.4 Å². The Morgan fingerprint density at radius 1 is 0.882 bits per heavy atom. The summed E-state index contributed by atoms with van der Waals surface area (Å²) in [6, 6.07) is 12.9. The van der Waals surface area contributed by atoms with Crippen molar-refractivity contribution in [3.8, 4) is 0 Å². The summed E-state index contributed by atoms with van der Waals surface area (Å²) in [6.45, 7) is 0. The quantitative estimate of drug-likeness (QED) is 0.529. The maximum atomic E-state index is 12.4. The molecule has 1 unspecified atom stereocenters. The van der Waals surface area contributed by atoms with Crippen molar-refractivity contribution in [2.24, 2.45) is 0 Å². The van der Waals surface area contributed by atoms with Gasteiger partial charge in [-0.2, -0.15) is 0 Å². The topological polar surface area (TPSA) is 89.3 Å². The zero-order valence-electron chi connectivity index (χ0n) is 9.08. The molecular formula is C12H13AsN2O2. The number of rotatable bonds is 2. The van der Waals surface area contributed by atoms with Crippen molar-refractivity contribution in [3.05, 3.63) is 48.5 Å². The zero-order valence-corrected chi connectivity index (χ0v) is 11.0. The molecule has 0 radical (unpaired) electrons. The molecule has 0 spiro atoms. The summed E-state index contributed by atoms with van der Waals surface area (Å²) in [5.74, 6) is 0. The van der Waals surface area contributed by atoms with E-state index in [1.165, 1.54) is 6.07 Å². The first-order valence-corrected chi connectivity index (χ1v) is 8.53. The van der Waals surface area contributed by atoms with Crippen LogP contribution in [0.3, 0.4) is 0 Å². The Hall–Kier alpha value is -1.64. The van der Waals surface area contributed by atoms with Crippen molar-refractivity contribution >= 4 is 33.9 Å². The van der Waals surface area contributed by atoms with Crippen LogP contribution in [0.15, 0.2) is 48.5 Å². The van der Waals surface area contributed by atoms with Gasteiger partial charge in [-0.05, 0) is 0 Å². The fourth-order valence-corrected chi connectivity index (χ4v) is 4.61. The molecule has 5 N–H and O–H groups in total. The number of nitrogen functional groups attached to an aromatic ring is 2. The Morgan fingerprint density at radius 3 is 2.12 bits per heavy atom. The van der Waals surface area contributed by atoms with E-state index in [2.05, 4.69) is 0 Å². The van der Waals surface area contributed by atoms with Crippen molar-refractivity contribution < 1.29 is 7.84 Å². The van der Waals surface area contributed by atoms with Crippen molar-refractivity contribution in [1.29, 1.82) is 0 Å². The Labute approximate surface area is 102 Å². The van der Waals surface area contributed by atoms with Crippen molar-refractivity contribution in [1.82, 2.24) is 0 Å². The summed E-state index contributed by atoms with van der Waals surface area (Å²) >= 11 is -4.27. The number of nitrogens with two attached hydrogens (primary N) is 2. The minimum atomic E-state index is -4.27. The molecule has 1 atom stereocenters. The number of hydrogen-bond donors (Lipinski definition) is 3. The third kappa shape index (κ3) is 2.38. The molecule has 0 amide bonds. The predicted molar refractivity (Wildman–Crippen MR) is 69.6 cm³/mol. The molecule has 0 aromatic heterocycles. The first-order valence-electron chi connectivity index (χ1n) is 5.05. The summed E-state index contributed by atoms with van der Waals surface area (Å²) in [4.78, 5) is 0. The van der Waals surface area contributed by atoms with Gasteiger partial charge in [0.05, 0.1) is 0 Å². The van der Waals surface area contributed by atoms with Gasteiger partial charge in [0.1, 0.15) is 0 Å². The fraction of sp³-hybridized carbons (Fsp3) is 0. The van der Waals surface area contributed by atoms with Gasteiger partial charge < -0.3 is 0 Å². The van der Waals surface area contributed by atoms with Crippen molar-refractivity contribution in [2.75, 3.05) is 11.5 Å². The normalized spacial score (nSPS) is 14.2. The van der Waals surface area contributed by atoms with Gasteiger partial charge >= 0.3 is 102 Å². The van der Waals surface area contributed by atoms with E-state index >= 15 is 0 Å². The second-order valence-corrected chi connectivity index (χ2v) is 8.35. The van der Waals surface area contributed by atoms with E-state index in [4.69, 9.17) is 11.5 Å². The Morgan fingerprint density at radius 2 is 1.53 bits per heavy atom. The molecule has 4 nitrogen and oxygen atoms in total. The number of anilines is 2. The van der Waals surface area contributed by atoms with Crippen LogP contribution in [0, 0.1) is 0 Å². The summed E-state index contributed by atoms with van der Waals surface area (Å²) in [6.07, 6.45) is 0. The SMILES string of the molecule is Nc1ccc([As](=O)(O)c2cccc(N)c2)cc1. The predicted octanol–water partition coefficient (Wildman–Crippen LogP) is -0.170. The van der Waals surface area contributed by atoms with Gasteiger partial charge in [0.2, 0.25) is 0 Å². The van der Waals surface area contributed by atoms with Gasteiger partial charge in [0.25, 0.3) is 0 Å². The van der Waals surface area contributed by atoms with Crippen molar-refractivity contribution in [3.63, 3.8) is 0 Å². The molecule has 0 fully saturated rings. The molecule has 0 heterocycles.